The lowest BCUT2D eigenvalue weighted by Gasteiger charge is -2.34. The third kappa shape index (κ3) is 3.94. The van der Waals surface area contributed by atoms with Crippen molar-refractivity contribution in [3.63, 3.8) is 0 Å². The Labute approximate surface area is 162 Å². The van der Waals surface area contributed by atoms with Crippen LogP contribution in [-0.2, 0) is 0 Å². The van der Waals surface area contributed by atoms with Crippen LogP contribution in [0.4, 0.5) is 13.2 Å². The first kappa shape index (κ1) is 20.5. The average Bonchev–Trinajstić information content (AvgIpc) is 2.94. The molecule has 1 aromatic carbocycles. The van der Waals surface area contributed by atoms with Crippen LogP contribution in [0.3, 0.4) is 0 Å². The number of hydrogen-bond acceptors (Lipinski definition) is 2. The predicted octanol–water partition coefficient (Wildman–Crippen LogP) is 4.18. The summed E-state index contributed by atoms with van der Waals surface area (Å²) < 4.78 is 40.1. The van der Waals surface area contributed by atoms with E-state index in [1.807, 2.05) is 55.7 Å². The number of aryl methyl sites for hydroxylation is 2. The maximum Gasteiger partial charge on any atom is 0.414 e. The van der Waals surface area contributed by atoms with E-state index in [9.17, 15) is 23.1 Å². The third-order valence-corrected chi connectivity index (χ3v) is 5.53. The van der Waals surface area contributed by atoms with Crippen molar-refractivity contribution >= 4 is 5.91 Å². The number of halogens is 3. The van der Waals surface area contributed by atoms with Gasteiger partial charge in [0.1, 0.15) is 0 Å². The summed E-state index contributed by atoms with van der Waals surface area (Å²) in [5.74, 6) is -1.03. The molecule has 4 nitrogen and oxygen atoms in total. The van der Waals surface area contributed by atoms with Gasteiger partial charge in [0, 0.05) is 30.2 Å². The number of rotatable bonds is 3. The molecule has 3 rings (SSSR count). The van der Waals surface area contributed by atoms with Crippen LogP contribution in [0.15, 0.2) is 30.3 Å². The molecule has 0 bridgehead atoms. The van der Waals surface area contributed by atoms with Crippen LogP contribution in [0, 0.1) is 26.7 Å². The molecule has 1 N–H and O–H groups in total. The number of likely N-dealkylation sites (tertiary alicyclic amines) is 1. The fourth-order valence-electron chi connectivity index (χ4n) is 4.00. The Morgan fingerprint density at radius 3 is 2.36 bits per heavy atom. The minimum Gasteiger partial charge on any atom is -0.383 e. The lowest BCUT2D eigenvalue weighted by atomic mass is 9.90. The summed E-state index contributed by atoms with van der Waals surface area (Å²) in [4.78, 5) is 14.6. The van der Waals surface area contributed by atoms with Gasteiger partial charge in [0.05, 0.1) is 5.56 Å². The number of aliphatic hydroxyl groups is 1. The molecule has 2 heterocycles. The van der Waals surface area contributed by atoms with Gasteiger partial charge in [0.15, 0.2) is 6.10 Å². The van der Waals surface area contributed by atoms with E-state index in [0.29, 0.717) is 5.56 Å². The third-order valence-electron chi connectivity index (χ3n) is 5.53. The molecule has 0 unspecified atom stereocenters. The molecular weight excluding hydrogens is 369 g/mol. The highest BCUT2D eigenvalue weighted by molar-refractivity contribution is 5.96. The van der Waals surface area contributed by atoms with Crippen molar-refractivity contribution in [1.82, 2.24) is 9.47 Å². The number of amides is 1. The molecule has 152 valence electrons. The lowest BCUT2D eigenvalue weighted by Crippen LogP contribution is -2.45. The van der Waals surface area contributed by atoms with Crippen molar-refractivity contribution < 1.29 is 23.1 Å². The van der Waals surface area contributed by atoms with Gasteiger partial charge in [-0.05, 0) is 63.3 Å². The van der Waals surface area contributed by atoms with Crippen molar-refractivity contribution in [2.45, 2.75) is 45.9 Å². The van der Waals surface area contributed by atoms with E-state index in [0.717, 1.165) is 22.6 Å². The van der Waals surface area contributed by atoms with Crippen LogP contribution in [-0.4, -0.2) is 45.9 Å². The van der Waals surface area contributed by atoms with E-state index >= 15 is 0 Å². The standard InChI is InChI=1S/C21H25F3N2O2/c1-13-5-4-6-17(11-13)26-14(2)12-18(15(26)3)20(28)25-9-7-16(8-10-25)19(27)21(22,23)24/h4-6,11-12,16,19,27H,7-10H2,1-3H3/t19-/m1/s1. The molecule has 0 saturated carbocycles. The number of carbonyl (C=O) groups is 1. The van der Waals surface area contributed by atoms with Crippen LogP contribution in [0.1, 0.15) is 40.2 Å². The Morgan fingerprint density at radius 2 is 1.79 bits per heavy atom. The zero-order chi connectivity index (χ0) is 20.6. The number of hydrogen-bond donors (Lipinski definition) is 1. The molecule has 1 aromatic heterocycles. The largest absolute Gasteiger partial charge is 0.414 e. The van der Waals surface area contributed by atoms with E-state index in [4.69, 9.17) is 0 Å². The summed E-state index contributed by atoms with van der Waals surface area (Å²) in [5.41, 5.74) is 4.39. The Kier molecular flexibility index (Phi) is 5.57. The molecule has 7 heteroatoms. The zero-order valence-electron chi connectivity index (χ0n) is 16.3. The van der Waals surface area contributed by atoms with Crippen LogP contribution in [0.2, 0.25) is 0 Å². The highest BCUT2D eigenvalue weighted by atomic mass is 19.4. The fraction of sp³-hybridized carbons (Fsp3) is 0.476. The molecule has 1 aliphatic heterocycles. The van der Waals surface area contributed by atoms with Crippen molar-refractivity contribution in [3.8, 4) is 5.69 Å². The summed E-state index contributed by atoms with van der Waals surface area (Å²) in [6.45, 7) is 6.24. The second-order valence-corrected chi connectivity index (χ2v) is 7.58. The molecule has 0 radical (unpaired) electrons. The molecule has 2 aromatic rings. The van der Waals surface area contributed by atoms with Gasteiger partial charge in [0.2, 0.25) is 0 Å². The molecule has 28 heavy (non-hydrogen) atoms. The van der Waals surface area contributed by atoms with Crippen LogP contribution >= 0.6 is 0 Å². The highest BCUT2D eigenvalue weighted by Gasteiger charge is 2.44. The van der Waals surface area contributed by atoms with Gasteiger partial charge in [-0.1, -0.05) is 12.1 Å². The Bertz CT molecular complexity index is 865. The number of aromatic nitrogens is 1. The zero-order valence-corrected chi connectivity index (χ0v) is 16.3. The van der Waals surface area contributed by atoms with Gasteiger partial charge in [-0.15, -0.1) is 0 Å². The molecule has 1 amide bonds. The van der Waals surface area contributed by atoms with Gasteiger partial charge >= 0.3 is 6.18 Å². The molecule has 1 saturated heterocycles. The number of alkyl halides is 3. The molecule has 1 atom stereocenters. The van der Waals surface area contributed by atoms with Gasteiger partial charge < -0.3 is 14.6 Å². The summed E-state index contributed by atoms with van der Waals surface area (Å²) >= 11 is 0. The van der Waals surface area contributed by atoms with E-state index in [-0.39, 0.29) is 31.8 Å². The van der Waals surface area contributed by atoms with E-state index in [2.05, 4.69) is 0 Å². The second kappa shape index (κ2) is 7.62. The lowest BCUT2D eigenvalue weighted by molar-refractivity contribution is -0.222. The Hall–Kier alpha value is -2.28. The maximum absolute atomic E-state index is 13.0. The van der Waals surface area contributed by atoms with E-state index in [1.54, 1.807) is 4.90 Å². The van der Waals surface area contributed by atoms with Crippen LogP contribution in [0.25, 0.3) is 5.69 Å². The quantitative estimate of drug-likeness (QED) is 0.849. The molecule has 0 spiro atoms. The second-order valence-electron chi connectivity index (χ2n) is 7.58. The first-order chi connectivity index (χ1) is 13.1. The van der Waals surface area contributed by atoms with Crippen molar-refractivity contribution in [2.24, 2.45) is 5.92 Å². The predicted molar refractivity (Wildman–Crippen MR) is 101 cm³/mol. The van der Waals surface area contributed by atoms with Crippen LogP contribution in [0.5, 0.6) is 0 Å². The Morgan fingerprint density at radius 1 is 1.14 bits per heavy atom. The molecule has 0 aliphatic carbocycles. The normalized spacial score (nSPS) is 17.0. The van der Waals surface area contributed by atoms with Gasteiger partial charge in [-0.3, -0.25) is 4.79 Å². The Balaban J connectivity index is 1.77. The number of aliphatic hydroxyl groups excluding tert-OH is 1. The van der Waals surface area contributed by atoms with Gasteiger partial charge in [-0.2, -0.15) is 13.2 Å². The monoisotopic (exact) mass is 394 g/mol. The molecule has 1 aliphatic rings. The summed E-state index contributed by atoms with van der Waals surface area (Å²) in [6.07, 6.45) is -6.65. The summed E-state index contributed by atoms with van der Waals surface area (Å²) in [7, 11) is 0. The average molecular weight is 394 g/mol. The summed E-state index contributed by atoms with van der Waals surface area (Å²) in [5, 5.41) is 9.45. The van der Waals surface area contributed by atoms with Crippen LogP contribution < -0.4 is 0 Å². The smallest absolute Gasteiger partial charge is 0.383 e. The minimum atomic E-state index is -4.62. The van der Waals surface area contributed by atoms with E-state index in [1.165, 1.54) is 0 Å². The first-order valence-corrected chi connectivity index (χ1v) is 9.39. The summed E-state index contributed by atoms with van der Waals surface area (Å²) in [6, 6.07) is 9.81. The SMILES string of the molecule is Cc1cccc(-n2c(C)cc(C(=O)N3CCC([C@@H](O)C(F)(F)F)CC3)c2C)c1. The first-order valence-electron chi connectivity index (χ1n) is 9.39. The van der Waals surface area contributed by atoms with E-state index < -0.39 is 18.2 Å². The van der Waals surface area contributed by atoms with Gasteiger partial charge in [0.25, 0.3) is 5.91 Å². The minimum absolute atomic E-state index is 0.142. The number of benzene rings is 1. The maximum atomic E-state index is 13.0. The number of carbonyl (C=O) groups excluding carboxylic acids is 1. The highest BCUT2D eigenvalue weighted by Crippen LogP contribution is 2.32. The van der Waals surface area contributed by atoms with Crippen molar-refractivity contribution in [1.29, 1.82) is 0 Å². The van der Waals surface area contributed by atoms with Crippen molar-refractivity contribution in [3.05, 3.63) is 52.8 Å². The number of nitrogens with zero attached hydrogens (tertiary/aromatic N) is 2. The van der Waals surface area contributed by atoms with Gasteiger partial charge in [-0.25, -0.2) is 0 Å². The fourth-order valence-corrected chi connectivity index (χ4v) is 4.00. The number of piperidine rings is 1. The molecule has 1 fully saturated rings. The molecular formula is C21H25F3N2O2. The van der Waals surface area contributed by atoms with Crippen molar-refractivity contribution in [2.75, 3.05) is 13.1 Å². The topological polar surface area (TPSA) is 45.5 Å².